The van der Waals surface area contributed by atoms with Crippen molar-refractivity contribution in [2.45, 2.75) is 70.2 Å². The van der Waals surface area contributed by atoms with Crippen LogP contribution in [0, 0.1) is 0 Å². The number of esters is 1. The van der Waals surface area contributed by atoms with Crippen LogP contribution in [0.4, 0.5) is 3.89 Å². The van der Waals surface area contributed by atoms with E-state index in [9.17, 15) is 17.1 Å². The molecule has 0 N–H and O–H groups in total. The summed E-state index contributed by atoms with van der Waals surface area (Å²) in [5.41, 5.74) is -2.00. The monoisotopic (exact) mass is 386 g/mol. The Hall–Kier alpha value is -1.45. The number of hydrogen-bond donors (Lipinski definition) is 0. The van der Waals surface area contributed by atoms with Crippen LogP contribution in [0.5, 0.6) is 0 Å². The van der Waals surface area contributed by atoms with Crippen LogP contribution in [-0.4, -0.2) is 38.3 Å². The van der Waals surface area contributed by atoms with E-state index in [-0.39, 0.29) is 11.0 Å². The molecule has 1 saturated heterocycles. The Kier molecular flexibility index (Phi) is 5.07. The molecular weight excluding hydrogens is 362 g/mol. The van der Waals surface area contributed by atoms with Gasteiger partial charge in [0.25, 0.3) is 0 Å². The van der Waals surface area contributed by atoms with Gasteiger partial charge in [0, 0.05) is 0 Å². The summed E-state index contributed by atoms with van der Waals surface area (Å²) in [5, 5.41) is 0. The quantitative estimate of drug-likeness (QED) is 0.452. The minimum Gasteiger partial charge on any atom is -0.456 e. The zero-order chi connectivity index (χ0) is 20.1. The van der Waals surface area contributed by atoms with Crippen molar-refractivity contribution >= 4 is 28.8 Å². The normalized spacial score (nSPS) is 19.5. The summed E-state index contributed by atoms with van der Waals surface area (Å²) in [6, 6.07) is 3.44. The van der Waals surface area contributed by atoms with Gasteiger partial charge in [0.15, 0.2) is 0 Å². The van der Waals surface area contributed by atoms with Crippen LogP contribution in [0.1, 0.15) is 58.8 Å². The van der Waals surface area contributed by atoms with Crippen molar-refractivity contribution in [2.75, 3.05) is 0 Å². The molecule has 0 bridgehead atoms. The minimum absolute atomic E-state index is 0.0941. The summed E-state index contributed by atoms with van der Waals surface area (Å²) >= 11 is 0. The molecule has 9 heteroatoms. The van der Waals surface area contributed by atoms with Gasteiger partial charge in [0.2, 0.25) is 0 Å². The molecule has 1 aliphatic rings. The van der Waals surface area contributed by atoms with Crippen molar-refractivity contribution in [1.29, 1.82) is 0 Å². The topological polar surface area (TPSA) is 78.9 Å². The number of hydrogen-bond acceptors (Lipinski definition) is 6. The largest absolute Gasteiger partial charge is 0.494 e. The van der Waals surface area contributed by atoms with Crippen LogP contribution >= 0.6 is 0 Å². The maximum absolute atomic E-state index is 13.6. The highest BCUT2D eigenvalue weighted by Crippen LogP contribution is 2.36. The predicted octanol–water partition coefficient (Wildman–Crippen LogP) is 2.60. The molecule has 0 unspecified atom stereocenters. The van der Waals surface area contributed by atoms with Gasteiger partial charge >= 0.3 is 23.3 Å². The average Bonchev–Trinajstić information content (AvgIpc) is 2.64. The van der Waals surface area contributed by atoms with Gasteiger partial charge < -0.3 is 14.0 Å². The lowest BCUT2D eigenvalue weighted by Crippen LogP contribution is -2.41. The van der Waals surface area contributed by atoms with Crippen molar-refractivity contribution in [3.63, 3.8) is 0 Å². The summed E-state index contributed by atoms with van der Waals surface area (Å²) in [6.45, 7) is 12.4. The molecule has 0 saturated carbocycles. The Morgan fingerprint density at radius 2 is 1.58 bits per heavy atom. The summed E-state index contributed by atoms with van der Waals surface area (Å²) in [7, 11) is -5.97. The van der Waals surface area contributed by atoms with Crippen LogP contribution in [0.3, 0.4) is 0 Å². The maximum atomic E-state index is 13.6. The number of rotatable bonds is 3. The molecule has 0 amide bonds. The molecule has 144 valence electrons. The standard InChI is InChI=1S/C17H24BFO6S/c1-15(2,3)23-14(20)11-8-12(10-13(9-11)26(19,21)22)18-24-16(4,5)17(6,7)25-18/h8-10H,1-7H3. The number of ether oxygens (including phenoxy) is 1. The lowest BCUT2D eigenvalue weighted by Gasteiger charge is -2.32. The Morgan fingerprint density at radius 1 is 1.08 bits per heavy atom. The van der Waals surface area contributed by atoms with E-state index in [1.165, 1.54) is 6.07 Å². The highest BCUT2D eigenvalue weighted by molar-refractivity contribution is 7.86. The fourth-order valence-corrected chi connectivity index (χ4v) is 2.88. The van der Waals surface area contributed by atoms with Crippen LogP contribution in [0.25, 0.3) is 0 Å². The lowest BCUT2D eigenvalue weighted by molar-refractivity contribution is 0.00578. The Labute approximate surface area is 154 Å². The highest BCUT2D eigenvalue weighted by Gasteiger charge is 2.52. The van der Waals surface area contributed by atoms with Gasteiger partial charge in [-0.1, -0.05) is 0 Å². The summed E-state index contributed by atoms with van der Waals surface area (Å²) in [4.78, 5) is 11.7. The average molecular weight is 386 g/mol. The van der Waals surface area contributed by atoms with Gasteiger partial charge in [-0.2, -0.15) is 8.42 Å². The smallest absolute Gasteiger partial charge is 0.456 e. The van der Waals surface area contributed by atoms with Crippen molar-refractivity contribution in [3.8, 4) is 0 Å². The number of carbonyl (C=O) groups excluding carboxylic acids is 1. The first-order valence-electron chi connectivity index (χ1n) is 8.20. The van der Waals surface area contributed by atoms with Crippen molar-refractivity contribution in [3.05, 3.63) is 23.8 Å². The van der Waals surface area contributed by atoms with E-state index in [4.69, 9.17) is 14.0 Å². The van der Waals surface area contributed by atoms with Crippen LogP contribution in [0.2, 0.25) is 0 Å². The summed E-state index contributed by atoms with van der Waals surface area (Å²) in [5.74, 6) is -0.763. The van der Waals surface area contributed by atoms with Gasteiger partial charge in [-0.25, -0.2) is 4.79 Å². The van der Waals surface area contributed by atoms with E-state index >= 15 is 0 Å². The van der Waals surface area contributed by atoms with Gasteiger partial charge in [-0.15, -0.1) is 3.89 Å². The number of carbonyl (C=O) groups is 1. The SMILES string of the molecule is CC(C)(C)OC(=O)c1cc(B2OC(C)(C)C(C)(C)O2)cc(S(=O)(=O)F)c1. The molecule has 0 atom stereocenters. The number of halogens is 1. The molecule has 1 heterocycles. The third kappa shape index (κ3) is 4.44. The third-order valence-corrected chi connectivity index (χ3v) is 5.17. The van der Waals surface area contributed by atoms with Crippen LogP contribution in [0.15, 0.2) is 23.1 Å². The first kappa shape index (κ1) is 20.9. The number of benzene rings is 1. The molecule has 0 aliphatic carbocycles. The first-order chi connectivity index (χ1) is 11.5. The molecular formula is C17H24BFO6S. The zero-order valence-corrected chi connectivity index (χ0v) is 16.9. The van der Waals surface area contributed by atoms with Crippen molar-refractivity contribution in [2.24, 2.45) is 0 Å². The lowest BCUT2D eigenvalue weighted by atomic mass is 9.78. The van der Waals surface area contributed by atoms with E-state index in [0.717, 1.165) is 12.1 Å². The molecule has 1 aromatic rings. The van der Waals surface area contributed by atoms with E-state index in [0.29, 0.717) is 0 Å². The zero-order valence-electron chi connectivity index (χ0n) is 16.0. The summed E-state index contributed by atoms with van der Waals surface area (Å²) in [6.07, 6.45) is 0. The molecule has 1 fully saturated rings. The molecule has 26 heavy (non-hydrogen) atoms. The van der Waals surface area contributed by atoms with E-state index < -0.39 is 45.0 Å². The van der Waals surface area contributed by atoms with Gasteiger partial charge in [0.05, 0.1) is 21.7 Å². The molecule has 0 aromatic heterocycles. The van der Waals surface area contributed by atoms with E-state index in [2.05, 4.69) is 0 Å². The molecule has 1 aromatic carbocycles. The Bertz CT molecular complexity index is 810. The second-order valence-corrected chi connectivity index (χ2v) is 9.67. The van der Waals surface area contributed by atoms with Gasteiger partial charge in [-0.05, 0) is 72.1 Å². The molecule has 1 aliphatic heterocycles. The Balaban J connectivity index is 2.51. The Morgan fingerprint density at radius 3 is 2.00 bits per heavy atom. The summed E-state index contributed by atoms with van der Waals surface area (Å²) < 4.78 is 53.4. The fourth-order valence-electron chi connectivity index (χ4n) is 2.33. The van der Waals surface area contributed by atoms with E-state index in [1.807, 2.05) is 27.7 Å². The molecule has 0 radical (unpaired) electrons. The van der Waals surface area contributed by atoms with Gasteiger partial charge in [-0.3, -0.25) is 0 Å². The molecule has 6 nitrogen and oxygen atoms in total. The minimum atomic E-state index is -5.03. The predicted molar refractivity (Wildman–Crippen MR) is 95.6 cm³/mol. The fraction of sp³-hybridized carbons (Fsp3) is 0.588. The second-order valence-electron chi connectivity index (χ2n) is 8.32. The van der Waals surface area contributed by atoms with E-state index in [1.54, 1.807) is 20.8 Å². The molecule has 0 spiro atoms. The van der Waals surface area contributed by atoms with Crippen LogP contribution < -0.4 is 5.46 Å². The second kappa shape index (κ2) is 6.32. The first-order valence-corrected chi connectivity index (χ1v) is 9.59. The maximum Gasteiger partial charge on any atom is 0.494 e. The third-order valence-electron chi connectivity index (χ3n) is 4.37. The van der Waals surface area contributed by atoms with Crippen molar-refractivity contribution in [1.82, 2.24) is 0 Å². The van der Waals surface area contributed by atoms with Gasteiger partial charge in [0.1, 0.15) is 5.60 Å². The van der Waals surface area contributed by atoms with Crippen LogP contribution in [-0.2, 0) is 24.3 Å². The van der Waals surface area contributed by atoms with Crippen molar-refractivity contribution < 1.29 is 31.1 Å². The molecule has 2 rings (SSSR count). The highest BCUT2D eigenvalue weighted by atomic mass is 32.3.